The molecule has 8 heteroatoms. The van der Waals surface area contributed by atoms with E-state index in [1.807, 2.05) is 11.0 Å². The first-order valence-electron chi connectivity index (χ1n) is 8.13. The molecular formula is C19H18F3NO4. The summed E-state index contributed by atoms with van der Waals surface area (Å²) in [6.07, 6.45) is -3.89. The molecule has 0 saturated heterocycles. The van der Waals surface area contributed by atoms with Gasteiger partial charge in [-0.3, -0.25) is 4.90 Å². The first-order chi connectivity index (χ1) is 12.8. The van der Waals surface area contributed by atoms with E-state index < -0.39 is 12.4 Å². The lowest BCUT2D eigenvalue weighted by molar-refractivity contribution is -0.274. The minimum atomic E-state index is -4.73. The van der Waals surface area contributed by atoms with Crippen LogP contribution in [0, 0.1) is 0 Å². The minimum absolute atomic E-state index is 0.283. The van der Waals surface area contributed by atoms with Crippen molar-refractivity contribution in [1.82, 2.24) is 4.90 Å². The fourth-order valence-electron chi connectivity index (χ4n) is 3.25. The summed E-state index contributed by atoms with van der Waals surface area (Å²) < 4.78 is 51.3. The second-order valence-electron chi connectivity index (χ2n) is 6.08. The predicted octanol–water partition coefficient (Wildman–Crippen LogP) is 3.86. The number of halogens is 3. The molecule has 5 nitrogen and oxygen atoms in total. The SMILES string of the molecule is COc1cc2c(c(OC)c1)C(C=O)N(Cc1ccc(OC(F)(F)F)cc1)C2. The fourth-order valence-corrected chi connectivity index (χ4v) is 3.25. The highest BCUT2D eigenvalue weighted by atomic mass is 19.4. The summed E-state index contributed by atoms with van der Waals surface area (Å²) in [5.41, 5.74) is 2.46. The average molecular weight is 381 g/mol. The lowest BCUT2D eigenvalue weighted by Crippen LogP contribution is -2.23. The van der Waals surface area contributed by atoms with Gasteiger partial charge in [0.1, 0.15) is 23.5 Å². The maximum atomic E-state index is 12.3. The summed E-state index contributed by atoms with van der Waals surface area (Å²) in [6, 6.07) is 8.67. The van der Waals surface area contributed by atoms with Crippen LogP contribution < -0.4 is 14.2 Å². The standard InChI is InChI=1S/C19H18F3NO4/c1-25-15-7-13-10-23(16(11-24)18(13)17(8-15)26-2)9-12-3-5-14(6-4-12)27-19(20,21)22/h3-8,11,16H,9-10H2,1-2H3. The average Bonchev–Trinajstić information content (AvgIpc) is 2.98. The van der Waals surface area contributed by atoms with E-state index in [1.54, 1.807) is 25.3 Å². The molecule has 1 heterocycles. The first-order valence-corrected chi connectivity index (χ1v) is 8.13. The van der Waals surface area contributed by atoms with Crippen LogP contribution in [-0.2, 0) is 17.9 Å². The van der Waals surface area contributed by atoms with Gasteiger partial charge in [0.05, 0.1) is 20.3 Å². The Hall–Kier alpha value is -2.74. The molecule has 0 radical (unpaired) electrons. The number of rotatable bonds is 6. The number of nitrogens with zero attached hydrogens (tertiary/aromatic N) is 1. The maximum absolute atomic E-state index is 12.3. The van der Waals surface area contributed by atoms with Crippen molar-refractivity contribution in [3.05, 3.63) is 53.1 Å². The van der Waals surface area contributed by atoms with Crippen molar-refractivity contribution >= 4 is 6.29 Å². The molecule has 0 fully saturated rings. The van der Waals surface area contributed by atoms with E-state index in [-0.39, 0.29) is 5.75 Å². The summed E-state index contributed by atoms with van der Waals surface area (Å²) in [7, 11) is 3.08. The second kappa shape index (κ2) is 7.48. The predicted molar refractivity (Wildman–Crippen MR) is 90.7 cm³/mol. The fraction of sp³-hybridized carbons (Fsp3) is 0.316. The van der Waals surface area contributed by atoms with E-state index in [4.69, 9.17) is 9.47 Å². The van der Waals surface area contributed by atoms with Gasteiger partial charge < -0.3 is 19.0 Å². The van der Waals surface area contributed by atoms with E-state index in [0.29, 0.717) is 24.6 Å². The van der Waals surface area contributed by atoms with Crippen LogP contribution in [0.25, 0.3) is 0 Å². The topological polar surface area (TPSA) is 48.0 Å². The Kier molecular flexibility index (Phi) is 5.27. The molecule has 2 aromatic rings. The number of fused-ring (bicyclic) bond motifs is 1. The van der Waals surface area contributed by atoms with E-state index >= 15 is 0 Å². The third-order valence-electron chi connectivity index (χ3n) is 4.39. The van der Waals surface area contributed by atoms with Crippen molar-refractivity contribution in [2.75, 3.05) is 14.2 Å². The van der Waals surface area contributed by atoms with Crippen molar-refractivity contribution in [1.29, 1.82) is 0 Å². The zero-order chi connectivity index (χ0) is 19.6. The Morgan fingerprint density at radius 2 is 1.81 bits per heavy atom. The number of hydrogen-bond acceptors (Lipinski definition) is 5. The molecule has 144 valence electrons. The summed E-state index contributed by atoms with van der Waals surface area (Å²) in [5, 5.41) is 0. The molecule has 3 rings (SSSR count). The molecule has 1 atom stereocenters. The minimum Gasteiger partial charge on any atom is -0.497 e. The Labute approximate surface area is 154 Å². The summed E-state index contributed by atoms with van der Waals surface area (Å²) in [5.74, 6) is 0.915. The van der Waals surface area contributed by atoms with Crippen molar-refractivity contribution in [3.8, 4) is 17.2 Å². The Morgan fingerprint density at radius 3 is 2.37 bits per heavy atom. The third kappa shape index (κ3) is 4.16. The molecule has 2 aromatic carbocycles. The van der Waals surface area contributed by atoms with Gasteiger partial charge in [-0.25, -0.2) is 0 Å². The van der Waals surface area contributed by atoms with Gasteiger partial charge >= 0.3 is 6.36 Å². The quantitative estimate of drug-likeness (QED) is 0.712. The number of benzene rings is 2. The van der Waals surface area contributed by atoms with Gasteiger partial charge in [0.2, 0.25) is 0 Å². The number of aldehydes is 1. The van der Waals surface area contributed by atoms with Crippen LogP contribution >= 0.6 is 0 Å². The van der Waals surface area contributed by atoms with Crippen molar-refractivity contribution < 1.29 is 32.2 Å². The van der Waals surface area contributed by atoms with Gasteiger partial charge in [-0.2, -0.15) is 0 Å². The molecule has 0 aromatic heterocycles. The number of carbonyl (C=O) groups is 1. The van der Waals surface area contributed by atoms with Crippen LogP contribution in [0.4, 0.5) is 13.2 Å². The van der Waals surface area contributed by atoms with Crippen LogP contribution in [0.3, 0.4) is 0 Å². The molecule has 1 unspecified atom stereocenters. The maximum Gasteiger partial charge on any atom is 0.573 e. The smallest absolute Gasteiger partial charge is 0.497 e. The highest BCUT2D eigenvalue weighted by Gasteiger charge is 2.34. The third-order valence-corrected chi connectivity index (χ3v) is 4.39. The molecule has 0 saturated carbocycles. The number of hydrogen-bond donors (Lipinski definition) is 0. The number of carbonyl (C=O) groups excluding carboxylic acids is 1. The summed E-state index contributed by atoms with van der Waals surface area (Å²) in [6.45, 7) is 0.878. The zero-order valence-electron chi connectivity index (χ0n) is 14.7. The molecule has 1 aliphatic heterocycles. The van der Waals surface area contributed by atoms with E-state index in [2.05, 4.69) is 4.74 Å². The van der Waals surface area contributed by atoms with Crippen molar-refractivity contribution in [2.45, 2.75) is 25.5 Å². The summed E-state index contributed by atoms with van der Waals surface area (Å²) >= 11 is 0. The van der Waals surface area contributed by atoms with Crippen molar-refractivity contribution in [3.63, 3.8) is 0 Å². The lowest BCUT2D eigenvalue weighted by Gasteiger charge is -2.21. The Bertz CT molecular complexity index is 821. The highest BCUT2D eigenvalue weighted by Crippen LogP contribution is 2.42. The van der Waals surface area contributed by atoms with Gasteiger partial charge in [0, 0.05) is 24.7 Å². The van der Waals surface area contributed by atoms with Crippen LogP contribution in [0.15, 0.2) is 36.4 Å². The van der Waals surface area contributed by atoms with Gasteiger partial charge in [-0.05, 0) is 29.3 Å². The lowest BCUT2D eigenvalue weighted by atomic mass is 10.0. The molecule has 0 bridgehead atoms. The molecular weight excluding hydrogens is 363 g/mol. The monoisotopic (exact) mass is 381 g/mol. The number of methoxy groups -OCH3 is 2. The molecule has 0 N–H and O–H groups in total. The highest BCUT2D eigenvalue weighted by molar-refractivity contribution is 5.68. The molecule has 0 aliphatic carbocycles. The number of alkyl halides is 3. The van der Waals surface area contributed by atoms with Crippen LogP contribution in [-0.4, -0.2) is 31.8 Å². The van der Waals surface area contributed by atoms with Gasteiger partial charge in [-0.15, -0.1) is 13.2 Å². The Balaban J connectivity index is 1.80. The van der Waals surface area contributed by atoms with Gasteiger partial charge in [0.25, 0.3) is 0 Å². The second-order valence-corrected chi connectivity index (χ2v) is 6.08. The van der Waals surface area contributed by atoms with Crippen LogP contribution in [0.5, 0.6) is 17.2 Å². The zero-order valence-corrected chi connectivity index (χ0v) is 14.7. The summed E-state index contributed by atoms with van der Waals surface area (Å²) in [4.78, 5) is 13.6. The van der Waals surface area contributed by atoms with Gasteiger partial charge in [0.15, 0.2) is 0 Å². The molecule has 27 heavy (non-hydrogen) atoms. The van der Waals surface area contributed by atoms with Crippen molar-refractivity contribution in [2.24, 2.45) is 0 Å². The van der Waals surface area contributed by atoms with Crippen LogP contribution in [0.1, 0.15) is 22.7 Å². The van der Waals surface area contributed by atoms with E-state index in [1.165, 1.54) is 19.2 Å². The number of ether oxygens (including phenoxy) is 3. The van der Waals surface area contributed by atoms with E-state index in [0.717, 1.165) is 23.0 Å². The van der Waals surface area contributed by atoms with E-state index in [9.17, 15) is 18.0 Å². The molecule has 1 aliphatic rings. The van der Waals surface area contributed by atoms with Crippen LogP contribution in [0.2, 0.25) is 0 Å². The first kappa shape index (κ1) is 19.0. The molecule has 0 amide bonds. The molecule has 0 spiro atoms. The largest absolute Gasteiger partial charge is 0.573 e. The normalized spacial score (nSPS) is 16.7. The Morgan fingerprint density at radius 1 is 1.11 bits per heavy atom. The van der Waals surface area contributed by atoms with Gasteiger partial charge in [-0.1, -0.05) is 12.1 Å².